The van der Waals surface area contributed by atoms with E-state index in [-0.39, 0.29) is 0 Å². The molecular formula is C14H22N6O. The predicted molar refractivity (Wildman–Crippen MR) is 81.4 cm³/mol. The average Bonchev–Trinajstić information content (AvgIpc) is 2.98. The second-order valence-electron chi connectivity index (χ2n) is 5.09. The Hall–Kier alpha value is -2.18. The molecule has 2 aromatic heterocycles. The van der Waals surface area contributed by atoms with Crippen LogP contribution in [0.1, 0.15) is 44.5 Å². The summed E-state index contributed by atoms with van der Waals surface area (Å²) in [6.45, 7) is 8.01. The molecule has 0 unspecified atom stereocenters. The second kappa shape index (κ2) is 7.56. The van der Waals surface area contributed by atoms with E-state index in [4.69, 9.17) is 4.52 Å². The first-order chi connectivity index (χ1) is 10.2. The number of aromatic nitrogens is 4. The Morgan fingerprint density at radius 3 is 2.38 bits per heavy atom. The van der Waals surface area contributed by atoms with E-state index in [1.807, 2.05) is 0 Å². The molecule has 21 heavy (non-hydrogen) atoms. The van der Waals surface area contributed by atoms with Crippen molar-refractivity contribution in [3.05, 3.63) is 24.1 Å². The molecule has 2 heterocycles. The highest BCUT2D eigenvalue weighted by Gasteiger charge is 2.14. The molecule has 114 valence electrons. The molecule has 0 amide bonds. The summed E-state index contributed by atoms with van der Waals surface area (Å²) in [5.74, 6) is 2.79. The van der Waals surface area contributed by atoms with Crippen molar-refractivity contribution in [1.82, 2.24) is 20.1 Å². The Bertz CT molecular complexity index is 540. The number of nitrogens with one attached hydrogen (secondary N) is 2. The molecule has 0 aromatic carbocycles. The number of hydrogen-bond donors (Lipinski definition) is 2. The van der Waals surface area contributed by atoms with Gasteiger partial charge in [0.15, 0.2) is 5.82 Å². The minimum absolute atomic E-state index is 0.332. The van der Waals surface area contributed by atoms with Crippen LogP contribution >= 0.6 is 0 Å². The van der Waals surface area contributed by atoms with Gasteiger partial charge in [-0.1, -0.05) is 25.9 Å². The van der Waals surface area contributed by atoms with Crippen molar-refractivity contribution in [2.24, 2.45) is 0 Å². The van der Waals surface area contributed by atoms with Crippen LogP contribution in [0.3, 0.4) is 0 Å². The fourth-order valence-electron chi connectivity index (χ4n) is 2.06. The van der Waals surface area contributed by atoms with Crippen LogP contribution in [0.2, 0.25) is 0 Å². The third-order valence-electron chi connectivity index (χ3n) is 3.05. The summed E-state index contributed by atoms with van der Waals surface area (Å²) >= 11 is 0. The lowest BCUT2D eigenvalue weighted by molar-refractivity contribution is 0.410. The summed E-state index contributed by atoms with van der Waals surface area (Å²) in [4.78, 5) is 12.7. The summed E-state index contributed by atoms with van der Waals surface area (Å²) < 4.78 is 4.72. The van der Waals surface area contributed by atoms with Gasteiger partial charge in [-0.25, -0.2) is 9.97 Å². The number of rotatable bonds is 8. The van der Waals surface area contributed by atoms with Crippen LogP contribution in [-0.2, 0) is 6.42 Å². The van der Waals surface area contributed by atoms with Crippen LogP contribution in [0, 0.1) is 0 Å². The summed E-state index contributed by atoms with van der Waals surface area (Å²) in [5.41, 5.74) is 1.11. The zero-order valence-electron chi connectivity index (χ0n) is 12.8. The van der Waals surface area contributed by atoms with Crippen LogP contribution in [0.25, 0.3) is 0 Å². The molecule has 0 bridgehead atoms. The van der Waals surface area contributed by atoms with Crippen molar-refractivity contribution in [3.8, 4) is 0 Å². The Balaban J connectivity index is 2.06. The molecule has 0 aliphatic carbocycles. The average molecular weight is 290 g/mol. The fourth-order valence-corrected chi connectivity index (χ4v) is 2.06. The summed E-state index contributed by atoms with van der Waals surface area (Å²) in [7, 11) is 0. The van der Waals surface area contributed by atoms with Gasteiger partial charge < -0.3 is 15.2 Å². The lowest BCUT2D eigenvalue weighted by Gasteiger charge is -2.17. The lowest BCUT2D eigenvalue weighted by Crippen LogP contribution is -2.13. The van der Waals surface area contributed by atoms with Crippen molar-refractivity contribution < 1.29 is 4.52 Å². The highest BCUT2D eigenvalue weighted by molar-refractivity contribution is 5.59. The number of anilines is 2. The SMILES string of the molecule is CCCNc1ncnc(NCCc2ncon2)c1C(C)C. The van der Waals surface area contributed by atoms with E-state index in [1.165, 1.54) is 6.39 Å². The molecule has 0 saturated carbocycles. The minimum atomic E-state index is 0.332. The maximum absolute atomic E-state index is 4.72. The second-order valence-corrected chi connectivity index (χ2v) is 5.09. The summed E-state index contributed by atoms with van der Waals surface area (Å²) in [6.07, 6.45) is 4.67. The zero-order chi connectivity index (χ0) is 15.1. The van der Waals surface area contributed by atoms with Crippen LogP contribution < -0.4 is 10.6 Å². The van der Waals surface area contributed by atoms with Gasteiger partial charge in [-0.3, -0.25) is 0 Å². The van der Waals surface area contributed by atoms with Gasteiger partial charge in [0.05, 0.1) is 0 Å². The van der Waals surface area contributed by atoms with Gasteiger partial charge in [-0.05, 0) is 12.3 Å². The zero-order valence-corrected chi connectivity index (χ0v) is 12.8. The minimum Gasteiger partial charge on any atom is -0.370 e. The first-order valence-electron chi connectivity index (χ1n) is 7.30. The molecule has 2 aromatic rings. The van der Waals surface area contributed by atoms with Crippen molar-refractivity contribution in [2.75, 3.05) is 23.7 Å². The van der Waals surface area contributed by atoms with Crippen molar-refractivity contribution in [2.45, 2.75) is 39.5 Å². The maximum atomic E-state index is 4.72. The van der Waals surface area contributed by atoms with Gasteiger partial charge in [-0.2, -0.15) is 4.98 Å². The van der Waals surface area contributed by atoms with Crippen molar-refractivity contribution in [3.63, 3.8) is 0 Å². The molecule has 7 nitrogen and oxygen atoms in total. The maximum Gasteiger partial charge on any atom is 0.213 e. The third kappa shape index (κ3) is 4.14. The standard InChI is InChI=1S/C14H22N6O/c1-4-6-15-13-12(10(2)3)14(18-8-17-13)16-7-5-11-19-9-21-20-11/h8-10H,4-7H2,1-3H3,(H2,15,16,17,18). The van der Waals surface area contributed by atoms with E-state index in [1.54, 1.807) is 6.33 Å². The number of nitrogens with zero attached hydrogens (tertiary/aromatic N) is 4. The topological polar surface area (TPSA) is 88.8 Å². The summed E-state index contributed by atoms with van der Waals surface area (Å²) in [6, 6.07) is 0. The van der Waals surface area contributed by atoms with E-state index in [2.05, 4.69) is 51.5 Å². The molecule has 0 fully saturated rings. The highest BCUT2D eigenvalue weighted by Crippen LogP contribution is 2.28. The van der Waals surface area contributed by atoms with Gasteiger partial charge in [0.25, 0.3) is 0 Å². The van der Waals surface area contributed by atoms with Crippen LogP contribution in [0.4, 0.5) is 11.6 Å². The van der Waals surface area contributed by atoms with Gasteiger partial charge >= 0.3 is 0 Å². The molecule has 2 N–H and O–H groups in total. The van der Waals surface area contributed by atoms with E-state index >= 15 is 0 Å². The Labute approximate surface area is 124 Å². The molecule has 0 spiro atoms. The lowest BCUT2D eigenvalue weighted by atomic mass is 10.0. The van der Waals surface area contributed by atoms with Crippen LogP contribution in [-0.4, -0.2) is 33.2 Å². The Kier molecular flexibility index (Phi) is 5.48. The Morgan fingerprint density at radius 2 is 1.81 bits per heavy atom. The normalized spacial score (nSPS) is 10.9. The van der Waals surface area contributed by atoms with Gasteiger partial charge in [0, 0.05) is 25.1 Å². The molecule has 0 aliphatic rings. The Morgan fingerprint density at radius 1 is 1.10 bits per heavy atom. The monoisotopic (exact) mass is 290 g/mol. The largest absolute Gasteiger partial charge is 0.370 e. The number of hydrogen-bond acceptors (Lipinski definition) is 7. The quantitative estimate of drug-likeness (QED) is 0.772. The van der Waals surface area contributed by atoms with Crippen molar-refractivity contribution in [1.29, 1.82) is 0 Å². The molecular weight excluding hydrogens is 268 g/mol. The first kappa shape index (κ1) is 15.2. The highest BCUT2D eigenvalue weighted by atomic mass is 16.5. The van der Waals surface area contributed by atoms with Gasteiger partial charge in [-0.15, -0.1) is 0 Å². The molecule has 2 rings (SSSR count). The van der Waals surface area contributed by atoms with Gasteiger partial charge in [0.1, 0.15) is 18.0 Å². The predicted octanol–water partition coefficient (Wildman–Crippen LogP) is 2.46. The molecule has 0 atom stereocenters. The van der Waals surface area contributed by atoms with Crippen LogP contribution in [0.5, 0.6) is 0 Å². The first-order valence-corrected chi connectivity index (χ1v) is 7.30. The van der Waals surface area contributed by atoms with E-state index in [9.17, 15) is 0 Å². The van der Waals surface area contributed by atoms with Crippen LogP contribution in [0.15, 0.2) is 17.2 Å². The molecule has 0 radical (unpaired) electrons. The molecule has 0 saturated heterocycles. The van der Waals surface area contributed by atoms with E-state index < -0.39 is 0 Å². The fraction of sp³-hybridized carbons (Fsp3) is 0.571. The smallest absolute Gasteiger partial charge is 0.213 e. The molecule has 0 aliphatic heterocycles. The van der Waals surface area contributed by atoms with E-state index in [0.717, 1.165) is 30.2 Å². The molecule has 7 heteroatoms. The summed E-state index contributed by atoms with van der Waals surface area (Å²) in [5, 5.41) is 10.5. The van der Waals surface area contributed by atoms with Crippen molar-refractivity contribution >= 4 is 11.6 Å². The third-order valence-corrected chi connectivity index (χ3v) is 3.05. The van der Waals surface area contributed by atoms with E-state index in [0.29, 0.717) is 24.7 Å². The van der Waals surface area contributed by atoms with Gasteiger partial charge in [0.2, 0.25) is 6.39 Å².